The summed E-state index contributed by atoms with van der Waals surface area (Å²) in [6.45, 7) is 15.1. The zero-order valence-electron chi connectivity index (χ0n) is 29.9. The quantitative estimate of drug-likeness (QED) is 0.303. The Kier molecular flexibility index (Phi) is 10.9. The topological polar surface area (TPSA) is 76.2 Å². The minimum atomic E-state index is -0.510. The Morgan fingerprint density at radius 2 is 1.69 bits per heavy atom. The highest BCUT2D eigenvalue weighted by atomic mass is 32.2. The third-order valence-corrected chi connectivity index (χ3v) is 12.5. The van der Waals surface area contributed by atoms with E-state index in [4.69, 9.17) is 0 Å². The molecule has 6 rings (SSSR count). The van der Waals surface area contributed by atoms with Crippen LogP contribution >= 0.6 is 11.8 Å². The number of rotatable bonds is 8. The molecule has 4 aliphatic rings. The summed E-state index contributed by atoms with van der Waals surface area (Å²) in [5, 5.41) is 2.24. The average molecular weight is 698 g/mol. The van der Waals surface area contributed by atoms with Crippen LogP contribution in [0.2, 0.25) is 0 Å². The van der Waals surface area contributed by atoms with E-state index in [1.165, 1.54) is 11.8 Å². The van der Waals surface area contributed by atoms with Crippen molar-refractivity contribution in [3.05, 3.63) is 65.0 Å². The van der Waals surface area contributed by atoms with Gasteiger partial charge in [0.25, 0.3) is 0 Å². The van der Waals surface area contributed by atoms with E-state index in [0.29, 0.717) is 45.1 Å². The Balaban J connectivity index is 0.00000243. The summed E-state index contributed by atoms with van der Waals surface area (Å²) >= 11 is 1.53. The SMILES string of the molecule is CC(C)N1CCC(c2c(F)cccc2[C@@H]2S[C@@H](CC(=O)N3CCC(N4CCc5ccccc5NC4=O)CC3)C(=O)N2CCC(C)(C)C)CC1.[HH].[HH].[HH]. The van der Waals surface area contributed by atoms with E-state index in [0.717, 1.165) is 61.2 Å². The highest BCUT2D eigenvalue weighted by molar-refractivity contribution is 8.01. The Hall–Kier alpha value is -3.11. The number of hydrogen-bond donors (Lipinski definition) is 1. The summed E-state index contributed by atoms with van der Waals surface area (Å²) in [6.07, 6.45) is 4.96. The maximum atomic E-state index is 15.8. The standard InChI is InChI=1S/C39H54FN5O3S.3H2/c1-26(2)42-19-13-28(14-20-42)35-30(10-8-11-31(35)40)37-45(24-18-39(3,4)5)36(47)33(49-37)25-34(46)43-21-16-29(17-22-43)44-23-15-27-9-6-7-12-32(27)41-38(44)48;;;/h6-12,26,28-29,33,37H,13-25H2,1-5H3,(H,41,48);3*1H/t33-,37-;;;/m0.../s1. The number of benzene rings is 2. The first kappa shape index (κ1) is 35.7. The molecule has 272 valence electrons. The van der Waals surface area contributed by atoms with Gasteiger partial charge in [-0.3, -0.25) is 9.59 Å². The van der Waals surface area contributed by atoms with Crippen LogP contribution < -0.4 is 5.32 Å². The third-order valence-electron chi connectivity index (χ3n) is 11.0. The lowest BCUT2D eigenvalue weighted by Gasteiger charge is -2.38. The summed E-state index contributed by atoms with van der Waals surface area (Å²) in [5.41, 5.74) is 3.69. The Labute approximate surface area is 300 Å². The monoisotopic (exact) mass is 697 g/mol. The van der Waals surface area contributed by atoms with Crippen LogP contribution in [-0.4, -0.2) is 94.0 Å². The molecule has 1 N–H and O–H groups in total. The van der Waals surface area contributed by atoms with Gasteiger partial charge in [-0.05, 0) is 106 Å². The van der Waals surface area contributed by atoms with Gasteiger partial charge < -0.3 is 24.9 Å². The van der Waals surface area contributed by atoms with Gasteiger partial charge in [-0.15, -0.1) is 11.8 Å². The number of fused-ring (bicyclic) bond motifs is 1. The van der Waals surface area contributed by atoms with Gasteiger partial charge in [-0.25, -0.2) is 9.18 Å². The number of para-hydroxylation sites is 1. The van der Waals surface area contributed by atoms with E-state index in [1.54, 1.807) is 12.1 Å². The molecule has 4 aliphatic heterocycles. The van der Waals surface area contributed by atoms with E-state index >= 15 is 4.39 Å². The highest BCUT2D eigenvalue weighted by Gasteiger charge is 2.44. The predicted molar refractivity (Wildman–Crippen MR) is 201 cm³/mol. The summed E-state index contributed by atoms with van der Waals surface area (Å²) in [6, 6.07) is 13.7. The van der Waals surface area contributed by atoms with Crippen molar-refractivity contribution in [3.8, 4) is 0 Å². The van der Waals surface area contributed by atoms with Crippen molar-refractivity contribution in [1.29, 1.82) is 0 Å². The molecule has 3 saturated heterocycles. The minimum Gasteiger partial charge on any atom is -0.342 e. The van der Waals surface area contributed by atoms with E-state index in [9.17, 15) is 14.4 Å². The van der Waals surface area contributed by atoms with Crippen molar-refractivity contribution in [2.75, 3.05) is 44.6 Å². The van der Waals surface area contributed by atoms with Crippen molar-refractivity contribution < 1.29 is 23.1 Å². The number of carbonyl (C=O) groups excluding carboxylic acids is 3. The molecule has 0 unspecified atom stereocenters. The number of nitrogens with zero attached hydrogens (tertiary/aromatic N) is 4. The van der Waals surface area contributed by atoms with Crippen LogP contribution in [0.25, 0.3) is 0 Å². The van der Waals surface area contributed by atoms with Gasteiger partial charge >= 0.3 is 6.03 Å². The third kappa shape index (κ3) is 8.11. The second-order valence-corrected chi connectivity index (χ2v) is 17.1. The molecule has 0 saturated carbocycles. The molecule has 0 bridgehead atoms. The van der Waals surface area contributed by atoms with Crippen LogP contribution in [0.4, 0.5) is 14.9 Å². The second kappa shape index (κ2) is 15.0. The molecule has 4 amide bonds. The largest absolute Gasteiger partial charge is 0.342 e. The van der Waals surface area contributed by atoms with Crippen molar-refractivity contribution in [2.24, 2.45) is 5.41 Å². The number of nitrogens with one attached hydrogen (secondary N) is 1. The number of anilines is 1. The lowest BCUT2D eigenvalue weighted by molar-refractivity contribution is -0.137. The number of piperidine rings is 2. The number of halogens is 1. The van der Waals surface area contributed by atoms with E-state index in [-0.39, 0.29) is 57.1 Å². The van der Waals surface area contributed by atoms with E-state index in [2.05, 4.69) is 50.9 Å². The number of likely N-dealkylation sites (tertiary alicyclic amines) is 2. The van der Waals surface area contributed by atoms with Crippen LogP contribution in [0.3, 0.4) is 0 Å². The number of thioether (sulfide) groups is 1. The van der Waals surface area contributed by atoms with Crippen LogP contribution in [-0.2, 0) is 16.0 Å². The summed E-state index contributed by atoms with van der Waals surface area (Å²) < 4.78 is 15.8. The summed E-state index contributed by atoms with van der Waals surface area (Å²) in [5.74, 6) is -0.121. The molecule has 0 aliphatic carbocycles. The number of hydrogen-bond acceptors (Lipinski definition) is 5. The molecular formula is C39H60FN5O3S. The first-order valence-electron chi connectivity index (χ1n) is 18.3. The highest BCUT2D eigenvalue weighted by Crippen LogP contribution is 2.48. The van der Waals surface area contributed by atoms with Gasteiger partial charge in [0, 0.05) is 54.7 Å². The van der Waals surface area contributed by atoms with Crippen molar-refractivity contribution in [3.63, 3.8) is 0 Å². The second-order valence-electron chi connectivity index (χ2n) is 15.8. The molecule has 0 spiro atoms. The first-order valence-corrected chi connectivity index (χ1v) is 19.3. The molecule has 2 atom stereocenters. The molecule has 2 aromatic carbocycles. The van der Waals surface area contributed by atoms with Gasteiger partial charge in [-0.1, -0.05) is 51.1 Å². The minimum absolute atomic E-state index is 0. The fraction of sp³-hybridized carbons (Fsp3) is 0.615. The van der Waals surface area contributed by atoms with Gasteiger partial charge in [0.2, 0.25) is 11.8 Å². The summed E-state index contributed by atoms with van der Waals surface area (Å²) in [7, 11) is 0. The van der Waals surface area contributed by atoms with E-state index in [1.807, 2.05) is 39.0 Å². The predicted octanol–water partition coefficient (Wildman–Crippen LogP) is 8.00. The molecule has 49 heavy (non-hydrogen) atoms. The fourth-order valence-corrected chi connectivity index (χ4v) is 9.51. The van der Waals surface area contributed by atoms with Crippen LogP contribution in [0, 0.1) is 11.2 Å². The lowest BCUT2D eigenvalue weighted by atomic mass is 9.85. The number of amides is 4. The molecular weight excluding hydrogens is 638 g/mol. The Morgan fingerprint density at radius 3 is 2.39 bits per heavy atom. The molecule has 4 heterocycles. The van der Waals surface area contributed by atoms with Crippen molar-refractivity contribution in [1.82, 2.24) is 19.6 Å². The number of urea groups is 1. The molecule has 3 fully saturated rings. The maximum Gasteiger partial charge on any atom is 0.322 e. The van der Waals surface area contributed by atoms with Crippen LogP contribution in [0.1, 0.15) is 105 Å². The first-order chi connectivity index (χ1) is 23.4. The van der Waals surface area contributed by atoms with Gasteiger partial charge in [0.1, 0.15) is 11.2 Å². The van der Waals surface area contributed by atoms with Crippen molar-refractivity contribution >= 4 is 35.3 Å². The summed E-state index contributed by atoms with van der Waals surface area (Å²) in [4.78, 5) is 49.2. The molecule has 8 nitrogen and oxygen atoms in total. The van der Waals surface area contributed by atoms with Crippen molar-refractivity contribution in [2.45, 2.75) is 108 Å². The lowest BCUT2D eigenvalue weighted by Crippen LogP contribution is -2.50. The van der Waals surface area contributed by atoms with Gasteiger partial charge in [-0.2, -0.15) is 0 Å². The van der Waals surface area contributed by atoms with Gasteiger partial charge in [0.05, 0.1) is 5.25 Å². The molecule has 0 radical (unpaired) electrons. The normalized spacial score (nSPS) is 23.2. The smallest absolute Gasteiger partial charge is 0.322 e. The molecule has 2 aromatic rings. The van der Waals surface area contributed by atoms with Crippen LogP contribution in [0.15, 0.2) is 42.5 Å². The Morgan fingerprint density at radius 1 is 0.980 bits per heavy atom. The fourth-order valence-electron chi connectivity index (χ4n) is 8.00. The van der Waals surface area contributed by atoms with Gasteiger partial charge in [0.15, 0.2) is 0 Å². The average Bonchev–Trinajstić information content (AvgIpc) is 3.27. The van der Waals surface area contributed by atoms with Crippen LogP contribution in [0.5, 0.6) is 0 Å². The zero-order chi connectivity index (χ0) is 34.9. The maximum absolute atomic E-state index is 15.8. The molecule has 0 aromatic heterocycles. The molecule has 10 heteroatoms. The van der Waals surface area contributed by atoms with E-state index < -0.39 is 5.25 Å². The Bertz CT molecular complexity index is 1530. The number of carbonyl (C=O) groups is 3. The zero-order valence-corrected chi connectivity index (χ0v) is 30.7.